The number of hydrogen-bond acceptors (Lipinski definition) is 6. The van der Waals surface area contributed by atoms with E-state index in [9.17, 15) is 10.1 Å². The van der Waals surface area contributed by atoms with Gasteiger partial charge >= 0.3 is 5.97 Å². The second-order valence-corrected chi connectivity index (χ2v) is 8.42. The van der Waals surface area contributed by atoms with Gasteiger partial charge in [-0.05, 0) is 25.1 Å². The number of ether oxygens (including phenoxy) is 2. The number of nitriles is 1. The number of nitrogens with zero attached hydrogens (tertiary/aromatic N) is 2. The predicted molar refractivity (Wildman–Crippen MR) is 131 cm³/mol. The van der Waals surface area contributed by atoms with Crippen LogP contribution in [0, 0.1) is 18.3 Å². The fourth-order valence-electron chi connectivity index (χ4n) is 4.09. The number of allylic oxidation sites excluding steroid dienone is 1. The summed E-state index contributed by atoms with van der Waals surface area (Å²) in [6.07, 6.45) is 0. The molecule has 0 fully saturated rings. The summed E-state index contributed by atoms with van der Waals surface area (Å²) < 4.78 is 11.5. The maximum Gasteiger partial charge on any atom is 0.345 e. The zero-order valence-electron chi connectivity index (χ0n) is 18.6. The lowest BCUT2D eigenvalue weighted by molar-refractivity contribution is 0.0733. The lowest BCUT2D eigenvalue weighted by Crippen LogP contribution is -2.22. The molecule has 1 aromatic heterocycles. The molecule has 3 N–H and O–H groups in total. The molecule has 0 radical (unpaired) electrons. The van der Waals surface area contributed by atoms with Gasteiger partial charge in [-0.25, -0.2) is 4.79 Å². The molecule has 0 saturated carbocycles. The van der Waals surface area contributed by atoms with Gasteiger partial charge in [0.05, 0.1) is 27.8 Å². The Kier molecular flexibility index (Phi) is 5.73. The summed E-state index contributed by atoms with van der Waals surface area (Å²) in [6, 6.07) is 23.7. The Labute approximate surface area is 206 Å². The van der Waals surface area contributed by atoms with Gasteiger partial charge in [0.25, 0.3) is 0 Å². The minimum atomic E-state index is -0.686. The molecule has 3 aromatic carbocycles. The van der Waals surface area contributed by atoms with Gasteiger partial charge < -0.3 is 15.2 Å². The van der Waals surface area contributed by atoms with Crippen molar-refractivity contribution in [1.29, 1.82) is 5.26 Å². The van der Waals surface area contributed by atoms with E-state index in [-0.39, 0.29) is 33.7 Å². The molecule has 1 aliphatic heterocycles. The van der Waals surface area contributed by atoms with Crippen LogP contribution in [0.3, 0.4) is 0 Å². The number of aryl methyl sites for hydroxylation is 1. The molecule has 8 heteroatoms. The Hall–Kier alpha value is -4.54. The summed E-state index contributed by atoms with van der Waals surface area (Å²) in [5.74, 6) is -0.828. The summed E-state index contributed by atoms with van der Waals surface area (Å²) in [5, 5.41) is 17.6. The van der Waals surface area contributed by atoms with E-state index in [0.29, 0.717) is 16.8 Å². The fraction of sp³-hybridized carbons (Fsp3) is 0.0741. The highest BCUT2D eigenvalue weighted by Crippen LogP contribution is 2.47. The quantitative estimate of drug-likeness (QED) is 0.294. The molecule has 1 aliphatic rings. The van der Waals surface area contributed by atoms with E-state index in [1.54, 1.807) is 48.5 Å². The summed E-state index contributed by atoms with van der Waals surface area (Å²) in [5.41, 5.74) is 10.4. The Morgan fingerprint density at radius 2 is 1.83 bits per heavy atom. The smallest absolute Gasteiger partial charge is 0.345 e. The summed E-state index contributed by atoms with van der Waals surface area (Å²) in [6.45, 7) is 2.00. The first kappa shape index (κ1) is 22.3. The van der Waals surface area contributed by atoms with Crippen LogP contribution in [0.4, 0.5) is 0 Å². The highest BCUT2D eigenvalue weighted by molar-refractivity contribution is 6.33. The number of carbonyl (C=O) groups is 1. The minimum absolute atomic E-state index is 0.0563. The van der Waals surface area contributed by atoms with Crippen molar-refractivity contribution in [3.63, 3.8) is 0 Å². The van der Waals surface area contributed by atoms with Crippen LogP contribution in [0.25, 0.3) is 11.3 Å². The fourth-order valence-corrected chi connectivity index (χ4v) is 4.30. The van der Waals surface area contributed by atoms with Crippen LogP contribution in [-0.4, -0.2) is 16.2 Å². The number of aromatic amines is 1. The first-order chi connectivity index (χ1) is 17.0. The minimum Gasteiger partial charge on any atom is -0.423 e. The number of H-pyrrole nitrogens is 1. The molecule has 7 nitrogen and oxygen atoms in total. The first-order valence-corrected chi connectivity index (χ1v) is 11.1. The van der Waals surface area contributed by atoms with E-state index in [1.807, 2.05) is 31.2 Å². The number of esters is 1. The van der Waals surface area contributed by atoms with Gasteiger partial charge in [-0.3, -0.25) is 5.10 Å². The SMILES string of the molecule is Cc1ccc(-c2[nH]nc3c2C(c2ccccc2OC(=O)c2ccccc2Cl)C(C#N)=C(N)O3)cc1. The highest BCUT2D eigenvalue weighted by atomic mass is 35.5. The summed E-state index contributed by atoms with van der Waals surface area (Å²) in [7, 11) is 0. The largest absolute Gasteiger partial charge is 0.423 e. The molecule has 4 aromatic rings. The lowest BCUT2D eigenvalue weighted by Gasteiger charge is -2.25. The topological polar surface area (TPSA) is 114 Å². The number of carbonyl (C=O) groups excluding carboxylic acids is 1. The van der Waals surface area contributed by atoms with Crippen LogP contribution >= 0.6 is 11.6 Å². The van der Waals surface area contributed by atoms with Crippen LogP contribution < -0.4 is 15.2 Å². The Morgan fingerprint density at radius 1 is 1.11 bits per heavy atom. The van der Waals surface area contributed by atoms with Crippen LogP contribution in [0.5, 0.6) is 11.6 Å². The number of nitrogens with one attached hydrogen (secondary N) is 1. The summed E-state index contributed by atoms with van der Waals surface area (Å²) >= 11 is 6.19. The van der Waals surface area contributed by atoms with E-state index in [1.165, 1.54) is 0 Å². The van der Waals surface area contributed by atoms with E-state index in [0.717, 1.165) is 11.1 Å². The van der Waals surface area contributed by atoms with E-state index in [4.69, 9.17) is 26.8 Å². The van der Waals surface area contributed by atoms with Gasteiger partial charge in [0.1, 0.15) is 17.4 Å². The van der Waals surface area contributed by atoms with E-state index < -0.39 is 11.9 Å². The zero-order chi connectivity index (χ0) is 24.5. The van der Waals surface area contributed by atoms with Crippen molar-refractivity contribution in [1.82, 2.24) is 10.2 Å². The highest BCUT2D eigenvalue weighted by Gasteiger charge is 2.37. The number of hydrogen-bond donors (Lipinski definition) is 2. The molecule has 2 heterocycles. The lowest BCUT2D eigenvalue weighted by atomic mass is 9.82. The molecule has 5 rings (SSSR count). The predicted octanol–water partition coefficient (Wildman–Crippen LogP) is 5.48. The molecule has 0 spiro atoms. The molecular formula is C27H19ClN4O3. The maximum atomic E-state index is 12.9. The third kappa shape index (κ3) is 4.01. The Morgan fingerprint density at radius 3 is 2.57 bits per heavy atom. The first-order valence-electron chi connectivity index (χ1n) is 10.8. The zero-order valence-corrected chi connectivity index (χ0v) is 19.3. The van der Waals surface area contributed by atoms with Gasteiger partial charge in [-0.1, -0.05) is 71.8 Å². The van der Waals surface area contributed by atoms with Crippen molar-refractivity contribution in [3.8, 4) is 29.0 Å². The summed E-state index contributed by atoms with van der Waals surface area (Å²) in [4.78, 5) is 12.9. The molecule has 0 bridgehead atoms. The van der Waals surface area contributed by atoms with Crippen molar-refractivity contribution >= 4 is 17.6 Å². The number of benzene rings is 3. The van der Waals surface area contributed by atoms with Gasteiger partial charge in [0, 0.05) is 11.1 Å². The normalized spacial score (nSPS) is 14.6. The van der Waals surface area contributed by atoms with Crippen LogP contribution in [0.1, 0.15) is 33.0 Å². The molecule has 35 heavy (non-hydrogen) atoms. The third-order valence-electron chi connectivity index (χ3n) is 5.81. The number of rotatable bonds is 4. The van der Waals surface area contributed by atoms with Crippen molar-refractivity contribution in [2.45, 2.75) is 12.8 Å². The monoisotopic (exact) mass is 482 g/mol. The Balaban J connectivity index is 1.65. The average molecular weight is 483 g/mol. The number of nitrogens with two attached hydrogens (primary N) is 1. The number of aromatic nitrogens is 2. The maximum absolute atomic E-state index is 12.9. The van der Waals surface area contributed by atoms with Crippen molar-refractivity contribution in [2.75, 3.05) is 0 Å². The van der Waals surface area contributed by atoms with Crippen molar-refractivity contribution in [2.24, 2.45) is 5.73 Å². The van der Waals surface area contributed by atoms with Crippen LogP contribution in [0.15, 0.2) is 84.3 Å². The number of para-hydroxylation sites is 1. The number of halogens is 1. The van der Waals surface area contributed by atoms with Gasteiger partial charge in [0.2, 0.25) is 11.8 Å². The average Bonchev–Trinajstić information content (AvgIpc) is 3.27. The second-order valence-electron chi connectivity index (χ2n) is 8.02. The molecule has 172 valence electrons. The van der Waals surface area contributed by atoms with E-state index in [2.05, 4.69) is 16.3 Å². The molecular weight excluding hydrogens is 464 g/mol. The molecule has 1 atom stereocenters. The Bertz CT molecular complexity index is 1520. The van der Waals surface area contributed by atoms with Crippen molar-refractivity contribution < 1.29 is 14.3 Å². The van der Waals surface area contributed by atoms with Crippen molar-refractivity contribution in [3.05, 3.63) is 112 Å². The van der Waals surface area contributed by atoms with E-state index >= 15 is 0 Å². The number of fused-ring (bicyclic) bond motifs is 1. The second kappa shape index (κ2) is 9.01. The standard InChI is InChI=1S/C27H19ClN4O3/c1-15-10-12-16(13-11-15)24-23-22(19(14-29)25(30)35-26(23)32-31-24)18-7-3-5-9-21(18)34-27(33)17-6-2-4-8-20(17)28/h2-13,22H,30H2,1H3,(H,31,32). The third-order valence-corrected chi connectivity index (χ3v) is 6.14. The van der Waals surface area contributed by atoms with Gasteiger partial charge in [0.15, 0.2) is 0 Å². The van der Waals surface area contributed by atoms with Gasteiger partial charge in [-0.2, -0.15) is 5.26 Å². The van der Waals surface area contributed by atoms with Gasteiger partial charge in [-0.15, -0.1) is 5.10 Å². The molecule has 0 saturated heterocycles. The molecule has 0 aliphatic carbocycles. The van der Waals surface area contributed by atoms with Crippen LogP contribution in [-0.2, 0) is 0 Å². The molecule has 1 unspecified atom stereocenters. The molecule has 0 amide bonds. The van der Waals surface area contributed by atoms with Crippen LogP contribution in [0.2, 0.25) is 5.02 Å².